The number of nitrogens with zero attached hydrogens (tertiary/aromatic N) is 6. The fraction of sp³-hybridized carbons (Fsp3) is 0.346. The first kappa shape index (κ1) is 27.2. The molecule has 1 aliphatic rings. The van der Waals surface area contributed by atoms with E-state index in [-0.39, 0.29) is 23.4 Å². The number of thiocarbonyl (C=S) groups is 1. The number of benzene rings is 2. The van der Waals surface area contributed by atoms with Crippen molar-refractivity contribution in [1.82, 2.24) is 19.9 Å². The SMILES string of the molecule is CC(N)CCc1cn(-c2ccc(CN3C(=S)N(c4ccc(C#N)c(C(F)(F)F)c4)C(=O)C3(C)C)cc2)nn1. The van der Waals surface area contributed by atoms with E-state index < -0.39 is 28.7 Å². The van der Waals surface area contributed by atoms with Crippen LogP contribution in [0.3, 0.4) is 0 Å². The summed E-state index contributed by atoms with van der Waals surface area (Å²) in [6.07, 6.45) is -1.38. The van der Waals surface area contributed by atoms with Crippen LogP contribution in [0.4, 0.5) is 18.9 Å². The van der Waals surface area contributed by atoms with E-state index in [4.69, 9.17) is 23.2 Å². The molecule has 1 amide bonds. The molecule has 198 valence electrons. The molecule has 1 saturated heterocycles. The maximum Gasteiger partial charge on any atom is 0.417 e. The van der Waals surface area contributed by atoms with E-state index in [9.17, 15) is 18.0 Å². The monoisotopic (exact) mass is 541 g/mol. The predicted octanol–water partition coefficient (Wildman–Crippen LogP) is 4.35. The second-order valence-corrected chi connectivity index (χ2v) is 10.1. The van der Waals surface area contributed by atoms with E-state index in [1.807, 2.05) is 37.4 Å². The van der Waals surface area contributed by atoms with Gasteiger partial charge in [0.25, 0.3) is 5.91 Å². The molecule has 1 unspecified atom stereocenters. The topological polar surface area (TPSA) is 104 Å². The maximum atomic E-state index is 13.5. The van der Waals surface area contributed by atoms with Crippen LogP contribution in [0, 0.1) is 11.3 Å². The number of nitrogens with two attached hydrogens (primary N) is 1. The van der Waals surface area contributed by atoms with Gasteiger partial charge >= 0.3 is 6.18 Å². The van der Waals surface area contributed by atoms with Crippen molar-refractivity contribution in [3.05, 3.63) is 71.0 Å². The number of amides is 1. The van der Waals surface area contributed by atoms with Crippen LogP contribution >= 0.6 is 12.2 Å². The van der Waals surface area contributed by atoms with Gasteiger partial charge in [0.05, 0.1) is 40.5 Å². The van der Waals surface area contributed by atoms with Gasteiger partial charge in [-0.2, -0.15) is 18.4 Å². The molecule has 0 aliphatic carbocycles. The molecule has 1 atom stereocenters. The van der Waals surface area contributed by atoms with Gasteiger partial charge in [0.15, 0.2) is 5.11 Å². The van der Waals surface area contributed by atoms with Crippen molar-refractivity contribution in [2.75, 3.05) is 4.90 Å². The summed E-state index contributed by atoms with van der Waals surface area (Å²) in [7, 11) is 0. The van der Waals surface area contributed by atoms with E-state index in [1.165, 1.54) is 6.07 Å². The highest BCUT2D eigenvalue weighted by atomic mass is 32.1. The quantitative estimate of drug-likeness (QED) is 0.444. The average molecular weight is 542 g/mol. The molecule has 1 fully saturated rings. The van der Waals surface area contributed by atoms with Gasteiger partial charge in [0, 0.05) is 12.6 Å². The number of carbonyl (C=O) groups is 1. The Hall–Kier alpha value is -3.82. The first-order chi connectivity index (χ1) is 17.8. The van der Waals surface area contributed by atoms with E-state index >= 15 is 0 Å². The number of anilines is 1. The third-order valence-electron chi connectivity index (χ3n) is 6.45. The molecule has 2 N–H and O–H groups in total. The van der Waals surface area contributed by atoms with Crippen molar-refractivity contribution < 1.29 is 18.0 Å². The van der Waals surface area contributed by atoms with Gasteiger partial charge in [-0.05, 0) is 81.7 Å². The van der Waals surface area contributed by atoms with E-state index in [0.717, 1.165) is 46.8 Å². The number of halogens is 3. The lowest BCUT2D eigenvalue weighted by molar-refractivity contribution is -0.137. The van der Waals surface area contributed by atoms with E-state index in [0.29, 0.717) is 0 Å². The summed E-state index contributed by atoms with van der Waals surface area (Å²) in [6.45, 7) is 5.54. The fourth-order valence-electron chi connectivity index (χ4n) is 4.18. The van der Waals surface area contributed by atoms with Gasteiger partial charge in [-0.15, -0.1) is 5.10 Å². The Morgan fingerprint density at radius 2 is 1.82 bits per heavy atom. The molecule has 2 aromatic carbocycles. The summed E-state index contributed by atoms with van der Waals surface area (Å²) in [5.41, 5.74) is 5.50. The van der Waals surface area contributed by atoms with Gasteiger partial charge in [-0.25, -0.2) is 4.68 Å². The number of alkyl halides is 3. The molecule has 0 spiro atoms. The van der Waals surface area contributed by atoms with E-state index in [1.54, 1.807) is 29.5 Å². The van der Waals surface area contributed by atoms with Crippen LogP contribution < -0.4 is 10.6 Å². The van der Waals surface area contributed by atoms with Crippen LogP contribution in [-0.2, 0) is 23.9 Å². The molecule has 0 bridgehead atoms. The summed E-state index contributed by atoms with van der Waals surface area (Å²) in [6, 6.07) is 12.2. The Labute approximate surface area is 223 Å². The minimum atomic E-state index is -4.75. The largest absolute Gasteiger partial charge is 0.417 e. The van der Waals surface area contributed by atoms with Crippen LogP contribution in [-0.4, -0.2) is 42.5 Å². The molecule has 1 aliphatic heterocycles. The predicted molar refractivity (Wildman–Crippen MR) is 139 cm³/mol. The Morgan fingerprint density at radius 1 is 1.16 bits per heavy atom. The molecule has 0 saturated carbocycles. The highest BCUT2D eigenvalue weighted by molar-refractivity contribution is 7.80. The summed E-state index contributed by atoms with van der Waals surface area (Å²) in [4.78, 5) is 16.1. The molecule has 2 heterocycles. The second kappa shape index (κ2) is 10.2. The van der Waals surface area contributed by atoms with Gasteiger partial charge in [0.1, 0.15) is 5.54 Å². The molecular formula is C26H26F3N7OS. The number of carbonyl (C=O) groups excluding carboxylic acids is 1. The van der Waals surface area contributed by atoms with Gasteiger partial charge < -0.3 is 10.6 Å². The summed E-state index contributed by atoms with van der Waals surface area (Å²) in [5.74, 6) is -0.459. The average Bonchev–Trinajstić information content (AvgIpc) is 3.40. The standard InChI is InChI=1S/C26H26F3N7OS/c1-16(31)4-8-19-15-35(33-32-19)20-9-5-17(6-10-20)14-34-24(38)36(23(37)25(34,2)3)21-11-7-18(13-30)22(12-21)26(27,28)29/h5-7,9-12,15-16H,4,8,14,31H2,1-3H3. The van der Waals surface area contributed by atoms with Gasteiger partial charge in [0.2, 0.25) is 0 Å². The fourth-order valence-corrected chi connectivity index (χ4v) is 4.66. The molecule has 1 aromatic heterocycles. The van der Waals surface area contributed by atoms with Gasteiger partial charge in [-0.1, -0.05) is 17.3 Å². The van der Waals surface area contributed by atoms with Crippen molar-refractivity contribution in [2.45, 2.75) is 57.9 Å². The normalized spacial score (nSPS) is 16.2. The number of aromatic nitrogens is 3. The Kier molecular flexibility index (Phi) is 7.27. The first-order valence-electron chi connectivity index (χ1n) is 11.9. The van der Waals surface area contributed by atoms with Crippen molar-refractivity contribution in [3.8, 4) is 11.8 Å². The third-order valence-corrected chi connectivity index (χ3v) is 6.85. The highest BCUT2D eigenvalue weighted by Crippen LogP contribution is 2.38. The van der Waals surface area contributed by atoms with Crippen LogP contribution in [0.1, 0.15) is 49.6 Å². The minimum Gasteiger partial charge on any atom is -0.330 e. The molecule has 0 radical (unpaired) electrons. The minimum absolute atomic E-state index is 0.0386. The lowest BCUT2D eigenvalue weighted by atomic mass is 10.0. The molecule has 3 aromatic rings. The Balaban J connectivity index is 1.55. The molecule has 8 nitrogen and oxygen atoms in total. The molecule has 38 heavy (non-hydrogen) atoms. The number of hydrogen-bond acceptors (Lipinski definition) is 6. The zero-order chi connectivity index (χ0) is 27.8. The van der Waals surface area contributed by atoms with Crippen molar-refractivity contribution in [2.24, 2.45) is 5.73 Å². The zero-order valence-electron chi connectivity index (χ0n) is 21.0. The lowest BCUT2D eigenvalue weighted by Gasteiger charge is -2.29. The first-order valence-corrected chi connectivity index (χ1v) is 12.3. The van der Waals surface area contributed by atoms with Crippen molar-refractivity contribution in [3.63, 3.8) is 0 Å². The zero-order valence-corrected chi connectivity index (χ0v) is 21.8. The summed E-state index contributed by atoms with van der Waals surface area (Å²) >= 11 is 5.57. The van der Waals surface area contributed by atoms with Crippen molar-refractivity contribution in [1.29, 1.82) is 5.26 Å². The Bertz CT molecular complexity index is 1410. The maximum absolute atomic E-state index is 13.5. The number of rotatable bonds is 7. The number of aryl methyl sites for hydroxylation is 1. The van der Waals surface area contributed by atoms with Gasteiger partial charge in [-0.3, -0.25) is 9.69 Å². The van der Waals surface area contributed by atoms with Crippen LogP contribution in [0.5, 0.6) is 0 Å². The second-order valence-electron chi connectivity index (χ2n) is 9.74. The van der Waals surface area contributed by atoms with Crippen LogP contribution in [0.2, 0.25) is 0 Å². The summed E-state index contributed by atoms with van der Waals surface area (Å²) in [5, 5.41) is 17.5. The van der Waals surface area contributed by atoms with Crippen molar-refractivity contribution >= 4 is 28.9 Å². The number of nitriles is 1. The van der Waals surface area contributed by atoms with Crippen LogP contribution in [0.25, 0.3) is 5.69 Å². The summed E-state index contributed by atoms with van der Waals surface area (Å²) < 4.78 is 42.2. The molecule has 4 rings (SSSR count). The van der Waals surface area contributed by atoms with E-state index in [2.05, 4.69) is 10.3 Å². The lowest BCUT2D eigenvalue weighted by Crippen LogP contribution is -2.43. The highest BCUT2D eigenvalue weighted by Gasteiger charge is 2.49. The smallest absolute Gasteiger partial charge is 0.330 e. The number of hydrogen-bond donors (Lipinski definition) is 1. The third kappa shape index (κ3) is 5.25. The Morgan fingerprint density at radius 3 is 2.42 bits per heavy atom. The molecule has 12 heteroatoms. The molecular weight excluding hydrogens is 515 g/mol. The van der Waals surface area contributed by atoms with Crippen LogP contribution in [0.15, 0.2) is 48.7 Å².